The van der Waals surface area contributed by atoms with Crippen LogP contribution in [0.4, 0.5) is 23.2 Å². The fourth-order valence-corrected chi connectivity index (χ4v) is 1.43. The van der Waals surface area contributed by atoms with Gasteiger partial charge in [-0.25, -0.2) is 4.39 Å². The van der Waals surface area contributed by atoms with Crippen LogP contribution in [0.3, 0.4) is 0 Å². The van der Waals surface area contributed by atoms with E-state index < -0.39 is 23.6 Å². The number of halogens is 4. The van der Waals surface area contributed by atoms with Crippen molar-refractivity contribution in [1.29, 1.82) is 0 Å². The molecule has 19 heavy (non-hydrogen) atoms. The molecular formula is C12H14F4N2O. The number of carbonyl (C=O) groups is 1. The first-order valence-electron chi connectivity index (χ1n) is 5.66. The molecule has 1 amide bonds. The lowest BCUT2D eigenvalue weighted by atomic mass is 10.1. The molecule has 1 aromatic carbocycles. The van der Waals surface area contributed by atoms with Crippen LogP contribution in [0.1, 0.15) is 19.4 Å². The van der Waals surface area contributed by atoms with Gasteiger partial charge in [-0.1, -0.05) is 0 Å². The van der Waals surface area contributed by atoms with Gasteiger partial charge >= 0.3 is 6.18 Å². The van der Waals surface area contributed by atoms with Crippen molar-refractivity contribution in [2.45, 2.75) is 26.1 Å². The fraction of sp³-hybridized carbons (Fsp3) is 0.417. The number of likely N-dealkylation sites (N-methyl/N-ethyl adjacent to an activating group) is 1. The number of carbonyl (C=O) groups excluding carboxylic acids is 1. The van der Waals surface area contributed by atoms with Gasteiger partial charge in [-0.05, 0) is 32.0 Å². The van der Waals surface area contributed by atoms with Crippen molar-refractivity contribution >= 4 is 11.6 Å². The number of hydrogen-bond donors (Lipinski definition) is 2. The summed E-state index contributed by atoms with van der Waals surface area (Å²) in [6.07, 6.45) is -4.59. The van der Waals surface area contributed by atoms with Gasteiger partial charge in [0.05, 0.1) is 11.3 Å². The molecule has 1 rings (SSSR count). The number of alkyl halides is 3. The van der Waals surface area contributed by atoms with Crippen molar-refractivity contribution in [2.75, 3.05) is 11.9 Å². The van der Waals surface area contributed by atoms with Crippen LogP contribution in [0, 0.1) is 5.82 Å². The van der Waals surface area contributed by atoms with Crippen LogP contribution in [-0.2, 0) is 11.0 Å². The zero-order valence-corrected chi connectivity index (χ0v) is 10.4. The molecule has 0 fully saturated rings. The second-order valence-corrected chi connectivity index (χ2v) is 3.95. The smallest absolute Gasteiger partial charge is 0.372 e. The molecule has 0 bridgehead atoms. The number of benzene rings is 1. The third kappa shape index (κ3) is 4.11. The van der Waals surface area contributed by atoms with Gasteiger partial charge in [-0.15, -0.1) is 0 Å². The van der Waals surface area contributed by atoms with Crippen LogP contribution in [-0.4, -0.2) is 18.5 Å². The van der Waals surface area contributed by atoms with Crippen LogP contribution in [0.15, 0.2) is 18.2 Å². The molecule has 1 aromatic rings. The quantitative estimate of drug-likeness (QED) is 0.831. The first kappa shape index (κ1) is 15.3. The van der Waals surface area contributed by atoms with E-state index in [0.29, 0.717) is 12.6 Å². The highest BCUT2D eigenvalue weighted by atomic mass is 19.4. The highest BCUT2D eigenvalue weighted by Crippen LogP contribution is 2.31. The average Bonchev–Trinajstić information content (AvgIpc) is 2.30. The Morgan fingerprint density at radius 3 is 2.47 bits per heavy atom. The van der Waals surface area contributed by atoms with Crippen molar-refractivity contribution in [3.63, 3.8) is 0 Å². The van der Waals surface area contributed by atoms with Gasteiger partial charge in [0.15, 0.2) is 0 Å². The predicted molar refractivity (Wildman–Crippen MR) is 63.2 cm³/mol. The second kappa shape index (κ2) is 5.90. The highest BCUT2D eigenvalue weighted by Gasteiger charge is 2.31. The van der Waals surface area contributed by atoms with Crippen molar-refractivity contribution in [3.8, 4) is 0 Å². The van der Waals surface area contributed by atoms with E-state index in [2.05, 4.69) is 10.6 Å². The number of anilines is 1. The Hall–Kier alpha value is -1.79. The number of hydrogen-bond acceptors (Lipinski definition) is 2. The average molecular weight is 278 g/mol. The molecular weight excluding hydrogens is 264 g/mol. The molecule has 0 spiro atoms. The molecule has 7 heteroatoms. The Kier molecular flexibility index (Phi) is 4.74. The minimum atomic E-state index is -4.59. The first-order chi connectivity index (χ1) is 8.75. The first-order valence-corrected chi connectivity index (χ1v) is 5.66. The van der Waals surface area contributed by atoms with Gasteiger partial charge in [0.25, 0.3) is 0 Å². The molecule has 0 aliphatic carbocycles. The summed E-state index contributed by atoms with van der Waals surface area (Å²) in [6.45, 7) is 3.63. The van der Waals surface area contributed by atoms with Crippen molar-refractivity contribution in [2.24, 2.45) is 0 Å². The van der Waals surface area contributed by atoms with Crippen molar-refractivity contribution < 1.29 is 22.4 Å². The maximum absolute atomic E-state index is 13.5. The molecule has 106 valence electrons. The maximum Gasteiger partial charge on any atom is 0.416 e. The highest BCUT2D eigenvalue weighted by molar-refractivity contribution is 5.84. The van der Waals surface area contributed by atoms with Crippen LogP contribution >= 0.6 is 0 Å². The van der Waals surface area contributed by atoms with E-state index >= 15 is 0 Å². The summed E-state index contributed by atoms with van der Waals surface area (Å²) < 4.78 is 50.5. The zero-order chi connectivity index (χ0) is 14.6. The van der Waals surface area contributed by atoms with Gasteiger partial charge in [-0.3, -0.25) is 4.79 Å². The van der Waals surface area contributed by atoms with E-state index in [1.165, 1.54) is 6.92 Å². The molecule has 0 radical (unpaired) electrons. The van der Waals surface area contributed by atoms with Gasteiger partial charge in [-0.2, -0.15) is 13.2 Å². The van der Waals surface area contributed by atoms with Crippen LogP contribution < -0.4 is 10.6 Å². The predicted octanol–water partition coefficient (Wildman–Crippen LogP) is 2.78. The SMILES string of the molecule is CCNC(=O)C(C)Nc1ccc(C(F)(F)F)cc1F. The summed E-state index contributed by atoms with van der Waals surface area (Å²) >= 11 is 0. The number of amides is 1. The lowest BCUT2D eigenvalue weighted by Crippen LogP contribution is -2.37. The minimum Gasteiger partial charge on any atom is -0.372 e. The van der Waals surface area contributed by atoms with Gasteiger partial charge in [0.1, 0.15) is 11.9 Å². The van der Waals surface area contributed by atoms with E-state index in [1.807, 2.05) is 0 Å². The maximum atomic E-state index is 13.5. The van der Waals surface area contributed by atoms with E-state index in [0.717, 1.165) is 12.1 Å². The number of nitrogens with one attached hydrogen (secondary N) is 2. The molecule has 1 atom stereocenters. The summed E-state index contributed by atoms with van der Waals surface area (Å²) in [4.78, 5) is 11.4. The minimum absolute atomic E-state index is 0.147. The third-order valence-corrected chi connectivity index (χ3v) is 2.41. The van der Waals surface area contributed by atoms with Gasteiger partial charge in [0, 0.05) is 6.54 Å². The molecule has 0 aliphatic heterocycles. The second-order valence-electron chi connectivity index (χ2n) is 3.95. The molecule has 0 saturated heterocycles. The molecule has 1 unspecified atom stereocenters. The summed E-state index contributed by atoms with van der Waals surface area (Å²) in [6, 6.07) is 1.38. The Morgan fingerprint density at radius 1 is 1.37 bits per heavy atom. The van der Waals surface area contributed by atoms with E-state index in [-0.39, 0.29) is 11.6 Å². The lowest BCUT2D eigenvalue weighted by Gasteiger charge is -2.16. The third-order valence-electron chi connectivity index (χ3n) is 2.41. The van der Waals surface area contributed by atoms with E-state index in [1.54, 1.807) is 6.92 Å². The van der Waals surface area contributed by atoms with Gasteiger partial charge < -0.3 is 10.6 Å². The normalized spacial score (nSPS) is 12.9. The van der Waals surface area contributed by atoms with Crippen LogP contribution in [0.5, 0.6) is 0 Å². The Morgan fingerprint density at radius 2 is 2.00 bits per heavy atom. The van der Waals surface area contributed by atoms with Crippen LogP contribution in [0.25, 0.3) is 0 Å². The summed E-state index contributed by atoms with van der Waals surface area (Å²) in [7, 11) is 0. The standard InChI is InChI=1S/C12H14F4N2O/c1-3-17-11(19)7(2)18-10-5-4-8(6-9(10)13)12(14,15)16/h4-7,18H,3H2,1-2H3,(H,17,19). The molecule has 0 aromatic heterocycles. The zero-order valence-electron chi connectivity index (χ0n) is 10.4. The summed E-state index contributed by atoms with van der Waals surface area (Å²) in [5, 5.41) is 5.04. The Bertz CT molecular complexity index is 460. The largest absolute Gasteiger partial charge is 0.416 e. The fourth-order valence-electron chi connectivity index (χ4n) is 1.43. The molecule has 0 aliphatic rings. The van der Waals surface area contributed by atoms with E-state index in [4.69, 9.17) is 0 Å². The molecule has 0 heterocycles. The van der Waals surface area contributed by atoms with Crippen molar-refractivity contribution in [3.05, 3.63) is 29.6 Å². The van der Waals surface area contributed by atoms with Crippen molar-refractivity contribution in [1.82, 2.24) is 5.32 Å². The Labute approximate surface area is 108 Å². The number of rotatable bonds is 4. The molecule has 3 nitrogen and oxygen atoms in total. The lowest BCUT2D eigenvalue weighted by molar-refractivity contribution is -0.137. The van der Waals surface area contributed by atoms with Gasteiger partial charge in [0.2, 0.25) is 5.91 Å². The molecule has 0 saturated carbocycles. The Balaban J connectivity index is 2.83. The summed E-state index contributed by atoms with van der Waals surface area (Å²) in [5.74, 6) is -1.41. The molecule has 2 N–H and O–H groups in total. The topological polar surface area (TPSA) is 41.1 Å². The summed E-state index contributed by atoms with van der Waals surface area (Å²) in [5.41, 5.74) is -1.21. The van der Waals surface area contributed by atoms with E-state index in [9.17, 15) is 22.4 Å². The monoisotopic (exact) mass is 278 g/mol. The van der Waals surface area contributed by atoms with Crippen LogP contribution in [0.2, 0.25) is 0 Å².